The molecule has 0 aliphatic rings. The van der Waals surface area contributed by atoms with E-state index in [-0.39, 0.29) is 5.91 Å². The molecular formula is C25H24N2OS2. The smallest absolute Gasteiger partial charge is 0.229 e. The molecule has 0 bridgehead atoms. The Hall–Kier alpha value is -2.63. The second-order valence-electron chi connectivity index (χ2n) is 7.03. The highest BCUT2D eigenvalue weighted by atomic mass is 32.2. The van der Waals surface area contributed by atoms with Crippen LogP contribution in [0.15, 0.2) is 83.8 Å². The van der Waals surface area contributed by atoms with Gasteiger partial charge in [0.25, 0.3) is 0 Å². The number of amides is 1. The highest BCUT2D eigenvalue weighted by Crippen LogP contribution is 2.31. The number of anilines is 1. The van der Waals surface area contributed by atoms with Crippen LogP contribution in [0.1, 0.15) is 24.5 Å². The van der Waals surface area contributed by atoms with Crippen molar-refractivity contribution in [2.24, 2.45) is 0 Å². The minimum atomic E-state index is 0.108. The topological polar surface area (TPSA) is 33.2 Å². The Balaban J connectivity index is 1.55. The molecule has 4 aromatic rings. The van der Waals surface area contributed by atoms with E-state index < -0.39 is 0 Å². The van der Waals surface area contributed by atoms with Crippen molar-refractivity contribution in [1.29, 1.82) is 0 Å². The molecule has 1 aromatic heterocycles. The number of carbonyl (C=O) groups is 1. The zero-order valence-corrected chi connectivity index (χ0v) is 18.6. The van der Waals surface area contributed by atoms with Crippen molar-refractivity contribution in [3.05, 3.63) is 90.0 Å². The fourth-order valence-corrected chi connectivity index (χ4v) is 5.14. The van der Waals surface area contributed by atoms with E-state index >= 15 is 0 Å². The molecule has 3 nitrogen and oxygen atoms in total. The Morgan fingerprint density at radius 3 is 2.43 bits per heavy atom. The van der Waals surface area contributed by atoms with E-state index in [0.717, 1.165) is 33.1 Å². The second kappa shape index (κ2) is 9.92. The van der Waals surface area contributed by atoms with Crippen LogP contribution in [0.25, 0.3) is 10.2 Å². The van der Waals surface area contributed by atoms with Crippen molar-refractivity contribution >= 4 is 44.4 Å². The maximum absolute atomic E-state index is 13.2. The van der Waals surface area contributed by atoms with Crippen molar-refractivity contribution in [2.75, 3.05) is 10.7 Å². The zero-order valence-electron chi connectivity index (χ0n) is 17.0. The van der Waals surface area contributed by atoms with E-state index in [1.54, 1.807) is 23.1 Å². The highest BCUT2D eigenvalue weighted by molar-refractivity contribution is 7.99. The predicted octanol–water partition coefficient (Wildman–Crippen LogP) is 6.57. The van der Waals surface area contributed by atoms with E-state index in [4.69, 9.17) is 4.98 Å². The molecule has 0 saturated carbocycles. The highest BCUT2D eigenvalue weighted by Gasteiger charge is 2.20. The van der Waals surface area contributed by atoms with Gasteiger partial charge in [0.15, 0.2) is 5.13 Å². The number of rotatable bonds is 8. The first kappa shape index (κ1) is 20.6. The summed E-state index contributed by atoms with van der Waals surface area (Å²) in [6.07, 6.45) is 1.47. The molecule has 5 heteroatoms. The molecule has 0 unspecified atom stereocenters. The Labute approximate surface area is 185 Å². The summed E-state index contributed by atoms with van der Waals surface area (Å²) in [6.45, 7) is 2.69. The normalized spacial score (nSPS) is 11.0. The minimum Gasteiger partial charge on any atom is -0.284 e. The SMILES string of the molecule is CCc1ccc2nc(N(Cc3ccccc3)C(=O)CCSc3ccccc3)sc2c1. The Kier molecular flexibility index (Phi) is 6.82. The monoisotopic (exact) mass is 432 g/mol. The van der Waals surface area contributed by atoms with E-state index in [1.807, 2.05) is 41.3 Å². The molecule has 0 radical (unpaired) electrons. The third kappa shape index (κ3) is 5.10. The summed E-state index contributed by atoms with van der Waals surface area (Å²) in [7, 11) is 0. The molecule has 30 heavy (non-hydrogen) atoms. The van der Waals surface area contributed by atoms with Crippen molar-refractivity contribution in [2.45, 2.75) is 31.2 Å². The summed E-state index contributed by atoms with van der Waals surface area (Å²) in [5.41, 5.74) is 3.35. The van der Waals surface area contributed by atoms with Crippen LogP contribution >= 0.6 is 23.1 Å². The summed E-state index contributed by atoms with van der Waals surface area (Å²) in [4.78, 5) is 21.0. The number of aryl methyl sites for hydroxylation is 1. The summed E-state index contributed by atoms with van der Waals surface area (Å²) in [5.74, 6) is 0.857. The van der Waals surface area contributed by atoms with Crippen LogP contribution in [0.5, 0.6) is 0 Å². The molecule has 0 saturated heterocycles. The number of thioether (sulfide) groups is 1. The van der Waals surface area contributed by atoms with Crippen LogP contribution in [0.4, 0.5) is 5.13 Å². The lowest BCUT2D eigenvalue weighted by atomic mass is 10.2. The molecule has 4 rings (SSSR count). The molecule has 1 amide bonds. The van der Waals surface area contributed by atoms with Crippen molar-refractivity contribution < 1.29 is 4.79 Å². The van der Waals surface area contributed by atoms with Gasteiger partial charge in [0.1, 0.15) is 0 Å². The van der Waals surface area contributed by atoms with Crippen LogP contribution in [0.2, 0.25) is 0 Å². The van der Waals surface area contributed by atoms with Crippen molar-refractivity contribution in [3.63, 3.8) is 0 Å². The van der Waals surface area contributed by atoms with E-state index in [9.17, 15) is 4.79 Å². The van der Waals surface area contributed by atoms with Gasteiger partial charge in [0.05, 0.1) is 16.8 Å². The quantitative estimate of drug-likeness (QED) is 0.295. The number of thiazole rings is 1. The summed E-state index contributed by atoms with van der Waals surface area (Å²) < 4.78 is 1.13. The molecule has 0 N–H and O–H groups in total. The molecule has 0 fully saturated rings. The van der Waals surface area contributed by atoms with Gasteiger partial charge in [0, 0.05) is 17.1 Å². The zero-order chi connectivity index (χ0) is 20.8. The van der Waals surface area contributed by atoms with Gasteiger partial charge in [-0.3, -0.25) is 9.69 Å². The van der Waals surface area contributed by atoms with Crippen LogP contribution in [-0.2, 0) is 17.8 Å². The van der Waals surface area contributed by atoms with Gasteiger partial charge >= 0.3 is 0 Å². The number of hydrogen-bond acceptors (Lipinski definition) is 4. The van der Waals surface area contributed by atoms with Crippen molar-refractivity contribution in [3.8, 4) is 0 Å². The molecule has 0 aliphatic carbocycles. The number of benzene rings is 3. The lowest BCUT2D eigenvalue weighted by Gasteiger charge is -2.20. The summed E-state index contributed by atoms with van der Waals surface area (Å²) in [6, 6.07) is 26.7. The minimum absolute atomic E-state index is 0.108. The maximum Gasteiger partial charge on any atom is 0.229 e. The first-order chi connectivity index (χ1) is 14.7. The number of aromatic nitrogens is 1. The molecule has 0 atom stereocenters. The first-order valence-corrected chi connectivity index (χ1v) is 11.9. The Morgan fingerprint density at radius 2 is 1.70 bits per heavy atom. The largest absolute Gasteiger partial charge is 0.284 e. The molecule has 0 aliphatic heterocycles. The molecule has 152 valence electrons. The predicted molar refractivity (Wildman–Crippen MR) is 128 cm³/mol. The van der Waals surface area contributed by atoms with Gasteiger partial charge in [-0.2, -0.15) is 0 Å². The number of carbonyl (C=O) groups excluding carboxylic acids is 1. The summed E-state index contributed by atoms with van der Waals surface area (Å²) in [5, 5.41) is 0.775. The van der Waals surface area contributed by atoms with E-state index in [0.29, 0.717) is 13.0 Å². The number of nitrogens with zero attached hydrogens (tertiary/aromatic N) is 2. The first-order valence-electron chi connectivity index (χ1n) is 10.1. The number of fused-ring (bicyclic) bond motifs is 1. The fraction of sp³-hybridized carbons (Fsp3) is 0.200. The van der Waals surface area contributed by atoms with Gasteiger partial charge < -0.3 is 0 Å². The summed E-state index contributed by atoms with van der Waals surface area (Å²) >= 11 is 3.31. The second-order valence-corrected chi connectivity index (χ2v) is 9.21. The Morgan fingerprint density at radius 1 is 0.967 bits per heavy atom. The molecule has 0 spiro atoms. The molecular weight excluding hydrogens is 408 g/mol. The van der Waals surface area contributed by atoms with Crippen molar-refractivity contribution in [1.82, 2.24) is 4.98 Å². The van der Waals surface area contributed by atoms with Gasteiger partial charge in [-0.05, 0) is 41.8 Å². The van der Waals surface area contributed by atoms with Crippen LogP contribution in [0.3, 0.4) is 0 Å². The van der Waals surface area contributed by atoms with E-state index in [1.165, 1.54) is 10.5 Å². The average Bonchev–Trinajstić information content (AvgIpc) is 3.21. The van der Waals surface area contributed by atoms with Gasteiger partial charge in [-0.15, -0.1) is 11.8 Å². The lowest BCUT2D eigenvalue weighted by Crippen LogP contribution is -2.30. The van der Waals surface area contributed by atoms with Gasteiger partial charge in [-0.25, -0.2) is 4.98 Å². The molecule has 3 aromatic carbocycles. The van der Waals surface area contributed by atoms with Gasteiger partial charge in [0.2, 0.25) is 5.91 Å². The van der Waals surface area contributed by atoms with Gasteiger partial charge in [-0.1, -0.05) is 72.9 Å². The number of hydrogen-bond donors (Lipinski definition) is 0. The van der Waals surface area contributed by atoms with E-state index in [2.05, 4.69) is 49.4 Å². The molecule has 1 heterocycles. The van der Waals surface area contributed by atoms with Crippen LogP contribution in [-0.4, -0.2) is 16.6 Å². The fourth-order valence-electron chi connectivity index (χ4n) is 3.23. The average molecular weight is 433 g/mol. The lowest BCUT2D eigenvalue weighted by molar-refractivity contribution is -0.118. The maximum atomic E-state index is 13.2. The Bertz CT molecular complexity index is 1110. The van der Waals surface area contributed by atoms with Crippen LogP contribution in [0, 0.1) is 0 Å². The third-order valence-electron chi connectivity index (χ3n) is 4.89. The van der Waals surface area contributed by atoms with Crippen LogP contribution < -0.4 is 4.90 Å². The third-order valence-corrected chi connectivity index (χ3v) is 6.95. The standard InChI is InChI=1S/C25H24N2OS2/c1-2-19-13-14-22-23(17-19)30-25(26-22)27(18-20-9-5-3-6-10-20)24(28)15-16-29-21-11-7-4-8-12-21/h3-14,17H,2,15-16,18H2,1H3.